The highest BCUT2D eigenvalue weighted by molar-refractivity contribution is 9.10. The van der Waals surface area contributed by atoms with Gasteiger partial charge in [0.2, 0.25) is 0 Å². The van der Waals surface area contributed by atoms with Crippen LogP contribution in [0.4, 0.5) is 18.0 Å². The minimum Gasteiger partial charge on any atom is -0.450 e. The molecule has 3 rings (SSSR count). The second kappa shape index (κ2) is 7.57. The normalized spacial score (nSPS) is 15.2. The minimum absolute atomic E-state index is 0.0826. The van der Waals surface area contributed by atoms with Crippen molar-refractivity contribution in [2.75, 3.05) is 32.8 Å². The van der Waals surface area contributed by atoms with E-state index in [0.29, 0.717) is 4.52 Å². The van der Waals surface area contributed by atoms with Crippen LogP contribution in [0.2, 0.25) is 0 Å². The Hall–Kier alpha value is -2.37. The summed E-state index contributed by atoms with van der Waals surface area (Å²) < 4.78 is 45.6. The molecule has 2 aromatic heterocycles. The van der Waals surface area contributed by atoms with Crippen LogP contribution in [0.1, 0.15) is 28.8 Å². The van der Waals surface area contributed by atoms with Gasteiger partial charge in [0.1, 0.15) is 5.69 Å². The summed E-state index contributed by atoms with van der Waals surface area (Å²) in [5.41, 5.74) is -1.10. The molecular weight excluding hydrogens is 447 g/mol. The van der Waals surface area contributed by atoms with Gasteiger partial charge in [0.05, 0.1) is 11.1 Å². The zero-order chi connectivity index (χ0) is 20.6. The number of piperazine rings is 1. The Morgan fingerprint density at radius 1 is 1.21 bits per heavy atom. The van der Waals surface area contributed by atoms with E-state index in [2.05, 4.69) is 26.0 Å². The molecule has 12 heteroatoms. The second-order valence-electron chi connectivity index (χ2n) is 6.16. The average Bonchev–Trinajstić information content (AvgIpc) is 2.96. The molecule has 1 aliphatic heterocycles. The number of carbonyl (C=O) groups is 2. The van der Waals surface area contributed by atoms with Crippen molar-refractivity contribution < 1.29 is 27.5 Å². The molecular formula is C16H17BrF3N5O3. The van der Waals surface area contributed by atoms with E-state index in [0.717, 1.165) is 6.07 Å². The highest BCUT2D eigenvalue weighted by Crippen LogP contribution is 2.32. The zero-order valence-corrected chi connectivity index (χ0v) is 16.7. The van der Waals surface area contributed by atoms with Crippen LogP contribution in [-0.4, -0.2) is 69.2 Å². The summed E-state index contributed by atoms with van der Waals surface area (Å²) in [6.07, 6.45) is -5.11. The number of nitrogens with zero attached hydrogens (tertiary/aromatic N) is 5. The van der Waals surface area contributed by atoms with Crippen molar-refractivity contribution in [2.45, 2.75) is 20.0 Å². The number of hydrogen-bond donors (Lipinski definition) is 0. The van der Waals surface area contributed by atoms with Crippen molar-refractivity contribution in [3.8, 4) is 0 Å². The Labute approximate surface area is 166 Å². The van der Waals surface area contributed by atoms with Gasteiger partial charge in [0, 0.05) is 31.9 Å². The van der Waals surface area contributed by atoms with Gasteiger partial charge in [-0.25, -0.2) is 14.3 Å². The van der Waals surface area contributed by atoms with Crippen molar-refractivity contribution in [1.82, 2.24) is 24.4 Å². The van der Waals surface area contributed by atoms with E-state index in [1.807, 2.05) is 0 Å². The summed E-state index contributed by atoms with van der Waals surface area (Å²) in [6, 6.07) is 0.874. The van der Waals surface area contributed by atoms with E-state index in [1.165, 1.54) is 16.7 Å². The summed E-state index contributed by atoms with van der Waals surface area (Å²) in [5.74, 6) is -0.535. The molecule has 0 spiro atoms. The third-order valence-corrected chi connectivity index (χ3v) is 4.98. The molecule has 0 bridgehead atoms. The number of alkyl halides is 3. The number of hydrogen-bond acceptors (Lipinski definition) is 5. The predicted molar refractivity (Wildman–Crippen MR) is 94.9 cm³/mol. The molecule has 0 unspecified atom stereocenters. The smallest absolute Gasteiger partial charge is 0.433 e. The summed E-state index contributed by atoms with van der Waals surface area (Å²) >= 11 is 3.16. The second-order valence-corrected chi connectivity index (χ2v) is 6.95. The summed E-state index contributed by atoms with van der Waals surface area (Å²) in [7, 11) is 0. The minimum atomic E-state index is -4.65. The lowest BCUT2D eigenvalue weighted by molar-refractivity contribution is -0.142. The summed E-state index contributed by atoms with van der Waals surface area (Å²) in [6.45, 7) is 4.35. The summed E-state index contributed by atoms with van der Waals surface area (Å²) in [5, 5.41) is 3.87. The van der Waals surface area contributed by atoms with E-state index in [1.54, 1.807) is 6.92 Å². The molecule has 0 saturated carbocycles. The highest BCUT2D eigenvalue weighted by Gasteiger charge is 2.37. The number of amides is 2. The third kappa shape index (κ3) is 3.77. The number of aryl methyl sites for hydroxylation is 1. The van der Waals surface area contributed by atoms with Crippen molar-refractivity contribution in [3.63, 3.8) is 0 Å². The van der Waals surface area contributed by atoms with E-state index in [4.69, 9.17) is 4.74 Å². The van der Waals surface area contributed by atoms with Gasteiger partial charge in [0.15, 0.2) is 11.3 Å². The maximum atomic E-state index is 13.3. The fraction of sp³-hybridized carbons (Fsp3) is 0.500. The van der Waals surface area contributed by atoms with Crippen molar-refractivity contribution in [1.29, 1.82) is 0 Å². The van der Waals surface area contributed by atoms with Crippen LogP contribution in [0, 0.1) is 6.92 Å². The molecule has 0 atom stereocenters. The maximum absolute atomic E-state index is 13.3. The van der Waals surface area contributed by atoms with Gasteiger partial charge >= 0.3 is 12.3 Å². The van der Waals surface area contributed by atoms with Crippen LogP contribution in [0.3, 0.4) is 0 Å². The van der Waals surface area contributed by atoms with Crippen LogP contribution < -0.4 is 0 Å². The Morgan fingerprint density at radius 2 is 1.82 bits per heavy atom. The van der Waals surface area contributed by atoms with Crippen LogP contribution in [0.5, 0.6) is 0 Å². The fourth-order valence-electron chi connectivity index (χ4n) is 2.91. The average molecular weight is 464 g/mol. The summed E-state index contributed by atoms with van der Waals surface area (Å²) in [4.78, 5) is 31.5. The van der Waals surface area contributed by atoms with Gasteiger partial charge in [-0.2, -0.15) is 18.3 Å². The third-order valence-electron chi connectivity index (χ3n) is 4.25. The van der Waals surface area contributed by atoms with Crippen LogP contribution in [-0.2, 0) is 10.9 Å². The molecule has 1 saturated heterocycles. The largest absolute Gasteiger partial charge is 0.450 e. The Balaban J connectivity index is 1.87. The molecule has 0 aliphatic carbocycles. The van der Waals surface area contributed by atoms with Crippen LogP contribution in [0.15, 0.2) is 10.5 Å². The molecule has 0 radical (unpaired) electrons. The Kier molecular flexibility index (Phi) is 5.50. The maximum Gasteiger partial charge on any atom is 0.433 e. The first-order valence-corrected chi connectivity index (χ1v) is 9.26. The molecule has 2 amide bonds. The lowest BCUT2D eigenvalue weighted by Crippen LogP contribution is -2.50. The van der Waals surface area contributed by atoms with Crippen molar-refractivity contribution in [2.24, 2.45) is 0 Å². The Morgan fingerprint density at radius 3 is 2.39 bits per heavy atom. The molecule has 1 fully saturated rings. The lowest BCUT2D eigenvalue weighted by Gasteiger charge is -2.33. The van der Waals surface area contributed by atoms with Gasteiger partial charge in [-0.1, -0.05) is 0 Å². The molecule has 2 aromatic rings. The van der Waals surface area contributed by atoms with Gasteiger partial charge in [-0.15, -0.1) is 0 Å². The van der Waals surface area contributed by atoms with E-state index in [9.17, 15) is 22.8 Å². The Bertz CT molecular complexity index is 922. The lowest BCUT2D eigenvalue weighted by atomic mass is 10.3. The van der Waals surface area contributed by atoms with Gasteiger partial charge < -0.3 is 14.5 Å². The number of carbonyl (C=O) groups excluding carboxylic acids is 2. The van der Waals surface area contributed by atoms with Crippen molar-refractivity contribution in [3.05, 3.63) is 27.6 Å². The molecule has 152 valence electrons. The van der Waals surface area contributed by atoms with Gasteiger partial charge in [-0.3, -0.25) is 4.79 Å². The molecule has 1 aliphatic rings. The first-order valence-electron chi connectivity index (χ1n) is 8.47. The number of fused-ring (bicyclic) bond motifs is 1. The molecule has 0 aromatic carbocycles. The van der Waals surface area contributed by atoms with Gasteiger partial charge in [-0.05, 0) is 35.8 Å². The van der Waals surface area contributed by atoms with Gasteiger partial charge in [0.25, 0.3) is 5.91 Å². The quantitative estimate of drug-likeness (QED) is 0.683. The first-order chi connectivity index (χ1) is 13.1. The topological polar surface area (TPSA) is 80.0 Å². The van der Waals surface area contributed by atoms with E-state index >= 15 is 0 Å². The first kappa shape index (κ1) is 20.4. The number of halogens is 4. The number of rotatable bonds is 2. The fourth-order valence-corrected chi connectivity index (χ4v) is 3.41. The van der Waals surface area contributed by atoms with Crippen LogP contribution >= 0.6 is 15.9 Å². The molecule has 0 N–H and O–H groups in total. The zero-order valence-electron chi connectivity index (χ0n) is 15.1. The number of aromatic nitrogens is 3. The molecule has 3 heterocycles. The van der Waals surface area contributed by atoms with E-state index < -0.39 is 23.9 Å². The monoisotopic (exact) mass is 463 g/mol. The molecule has 28 heavy (non-hydrogen) atoms. The molecule has 8 nitrogen and oxygen atoms in total. The van der Waals surface area contributed by atoms with Crippen LogP contribution in [0.25, 0.3) is 5.65 Å². The highest BCUT2D eigenvalue weighted by atomic mass is 79.9. The predicted octanol–water partition coefficient (Wildman–Crippen LogP) is 2.73. The van der Waals surface area contributed by atoms with Crippen molar-refractivity contribution >= 4 is 33.6 Å². The number of ether oxygens (including phenoxy) is 1. The SMILES string of the molecule is CCOC(=O)N1CCN(C(=O)c2nn3c(C(F)(F)F)cc(C)nc3c2Br)CC1. The standard InChI is InChI=1S/C16H17BrF3N5O3/c1-3-28-15(27)24-6-4-23(5-7-24)14(26)12-11(17)13-21-9(2)8-10(16(18,19)20)25(13)22-12/h8H,3-7H2,1-2H3. The van der Waals surface area contributed by atoms with E-state index in [-0.39, 0.29) is 54.3 Å².